The second kappa shape index (κ2) is 6.57. The van der Waals surface area contributed by atoms with Gasteiger partial charge < -0.3 is 10.1 Å². The van der Waals surface area contributed by atoms with Gasteiger partial charge in [0.05, 0.1) is 23.3 Å². The van der Waals surface area contributed by atoms with Crippen molar-refractivity contribution in [2.24, 2.45) is 0 Å². The highest BCUT2D eigenvalue weighted by Crippen LogP contribution is 2.23. The van der Waals surface area contributed by atoms with Crippen molar-refractivity contribution in [1.29, 1.82) is 0 Å². The molecule has 4 nitrogen and oxygen atoms in total. The van der Waals surface area contributed by atoms with Crippen molar-refractivity contribution in [3.63, 3.8) is 0 Å². The van der Waals surface area contributed by atoms with Gasteiger partial charge in [0.15, 0.2) is 0 Å². The number of halogens is 2. The van der Waals surface area contributed by atoms with Gasteiger partial charge in [-0.3, -0.25) is 4.90 Å². The average Bonchev–Trinajstić information content (AvgIpc) is 2.34. The number of pyridine rings is 1. The molecule has 0 bridgehead atoms. The van der Waals surface area contributed by atoms with Gasteiger partial charge in [-0.05, 0) is 13.0 Å². The summed E-state index contributed by atoms with van der Waals surface area (Å²) in [5, 5.41) is 4.40. The number of morpholine rings is 1. The van der Waals surface area contributed by atoms with E-state index in [1.165, 1.54) is 0 Å². The summed E-state index contributed by atoms with van der Waals surface area (Å²) in [5.74, 6) is 0.682. The fraction of sp³-hybridized carbons (Fsp3) is 0.583. The van der Waals surface area contributed by atoms with E-state index in [4.69, 9.17) is 27.9 Å². The fourth-order valence-electron chi connectivity index (χ4n) is 1.97. The van der Waals surface area contributed by atoms with Crippen LogP contribution in [-0.2, 0) is 4.74 Å². The van der Waals surface area contributed by atoms with Crippen molar-refractivity contribution in [1.82, 2.24) is 9.88 Å². The first-order chi connectivity index (χ1) is 8.65. The van der Waals surface area contributed by atoms with Crippen molar-refractivity contribution in [2.75, 3.05) is 38.2 Å². The predicted octanol–water partition coefficient (Wildman–Crippen LogP) is 2.52. The van der Waals surface area contributed by atoms with Gasteiger partial charge in [-0.2, -0.15) is 0 Å². The highest BCUT2D eigenvalue weighted by Gasteiger charge is 2.14. The summed E-state index contributed by atoms with van der Waals surface area (Å²) in [6.07, 6.45) is 1.59. The molecule has 2 heterocycles. The normalized spacial score (nSPS) is 18.6. The zero-order valence-electron chi connectivity index (χ0n) is 10.3. The van der Waals surface area contributed by atoms with Gasteiger partial charge in [0.25, 0.3) is 0 Å². The van der Waals surface area contributed by atoms with Gasteiger partial charge in [-0.1, -0.05) is 23.2 Å². The molecule has 6 heteroatoms. The third-order valence-corrected chi connectivity index (χ3v) is 3.32. The molecular weight excluding hydrogens is 273 g/mol. The van der Waals surface area contributed by atoms with E-state index in [0.29, 0.717) is 15.9 Å². The summed E-state index contributed by atoms with van der Waals surface area (Å²) in [5.41, 5.74) is 0. The summed E-state index contributed by atoms with van der Waals surface area (Å²) in [6.45, 7) is 6.65. The topological polar surface area (TPSA) is 37.4 Å². The second-order valence-electron chi connectivity index (χ2n) is 4.44. The van der Waals surface area contributed by atoms with Crippen molar-refractivity contribution in [3.05, 3.63) is 22.3 Å². The SMILES string of the molecule is CC(CN1CCOCC1)Nc1ncc(Cl)cc1Cl. The maximum absolute atomic E-state index is 6.07. The zero-order chi connectivity index (χ0) is 13.0. The van der Waals surface area contributed by atoms with Crippen LogP contribution in [0.15, 0.2) is 12.3 Å². The molecule has 1 saturated heterocycles. The number of hydrogen-bond acceptors (Lipinski definition) is 4. The van der Waals surface area contributed by atoms with Gasteiger partial charge in [0.2, 0.25) is 0 Å². The van der Waals surface area contributed by atoms with E-state index >= 15 is 0 Å². The predicted molar refractivity (Wildman–Crippen MR) is 74.6 cm³/mol. The van der Waals surface area contributed by atoms with Crippen LogP contribution in [0.25, 0.3) is 0 Å². The van der Waals surface area contributed by atoms with Crippen LogP contribution in [0.5, 0.6) is 0 Å². The highest BCUT2D eigenvalue weighted by molar-refractivity contribution is 6.35. The van der Waals surface area contributed by atoms with E-state index in [1.54, 1.807) is 12.3 Å². The Balaban J connectivity index is 1.87. The summed E-state index contributed by atoms with van der Waals surface area (Å²) in [6, 6.07) is 1.97. The maximum atomic E-state index is 6.07. The Hall–Kier alpha value is -0.550. The Labute approximate surface area is 117 Å². The number of anilines is 1. The van der Waals surface area contributed by atoms with Gasteiger partial charge in [-0.15, -0.1) is 0 Å². The summed E-state index contributed by atoms with van der Waals surface area (Å²) >= 11 is 11.9. The van der Waals surface area contributed by atoms with Crippen LogP contribution in [0.3, 0.4) is 0 Å². The standard InChI is InChI=1S/C12H17Cl2N3O/c1-9(8-17-2-4-18-5-3-17)16-12-11(14)6-10(13)7-15-12/h6-7,9H,2-5,8H2,1H3,(H,15,16). The highest BCUT2D eigenvalue weighted by atomic mass is 35.5. The van der Waals surface area contributed by atoms with E-state index in [-0.39, 0.29) is 6.04 Å². The number of ether oxygens (including phenoxy) is 1. The third-order valence-electron chi connectivity index (χ3n) is 2.83. The van der Waals surface area contributed by atoms with Crippen LogP contribution in [0.4, 0.5) is 5.82 Å². The van der Waals surface area contributed by atoms with E-state index in [2.05, 4.69) is 22.1 Å². The van der Waals surface area contributed by atoms with Gasteiger partial charge in [-0.25, -0.2) is 4.98 Å². The number of nitrogens with one attached hydrogen (secondary N) is 1. The van der Waals surface area contributed by atoms with Crippen LogP contribution in [0, 0.1) is 0 Å². The largest absolute Gasteiger partial charge is 0.379 e. The molecule has 0 aromatic carbocycles. The van der Waals surface area contributed by atoms with Gasteiger partial charge in [0.1, 0.15) is 5.82 Å². The Morgan fingerprint density at radius 2 is 2.17 bits per heavy atom. The lowest BCUT2D eigenvalue weighted by atomic mass is 10.3. The first kappa shape index (κ1) is 13.9. The lowest BCUT2D eigenvalue weighted by molar-refractivity contribution is 0.0368. The smallest absolute Gasteiger partial charge is 0.145 e. The van der Waals surface area contributed by atoms with Crippen LogP contribution in [0.2, 0.25) is 10.0 Å². The number of rotatable bonds is 4. The number of hydrogen-bond donors (Lipinski definition) is 1. The molecule has 1 fully saturated rings. The Bertz CT molecular complexity index is 397. The van der Waals surface area contributed by atoms with Crippen molar-refractivity contribution < 1.29 is 4.74 Å². The Morgan fingerprint density at radius 3 is 2.83 bits per heavy atom. The van der Waals surface area contributed by atoms with E-state index in [1.807, 2.05) is 0 Å². The lowest BCUT2D eigenvalue weighted by Crippen LogP contribution is -2.42. The molecule has 1 aliphatic rings. The molecular formula is C12H17Cl2N3O. The minimum atomic E-state index is 0.272. The minimum Gasteiger partial charge on any atom is -0.379 e. The average molecular weight is 290 g/mol. The minimum absolute atomic E-state index is 0.272. The maximum Gasteiger partial charge on any atom is 0.145 e. The van der Waals surface area contributed by atoms with E-state index in [9.17, 15) is 0 Å². The number of nitrogens with zero attached hydrogens (tertiary/aromatic N) is 2. The molecule has 2 rings (SSSR count). The Morgan fingerprint density at radius 1 is 1.44 bits per heavy atom. The van der Waals surface area contributed by atoms with Crippen LogP contribution in [-0.4, -0.2) is 48.8 Å². The molecule has 100 valence electrons. The van der Waals surface area contributed by atoms with Gasteiger partial charge in [0, 0.05) is 31.9 Å². The van der Waals surface area contributed by atoms with Crippen molar-refractivity contribution in [2.45, 2.75) is 13.0 Å². The molecule has 1 unspecified atom stereocenters. The lowest BCUT2D eigenvalue weighted by Gasteiger charge is -2.29. The van der Waals surface area contributed by atoms with Crippen molar-refractivity contribution in [3.8, 4) is 0 Å². The van der Waals surface area contributed by atoms with E-state index in [0.717, 1.165) is 32.8 Å². The van der Waals surface area contributed by atoms with Crippen molar-refractivity contribution >= 4 is 29.0 Å². The zero-order valence-corrected chi connectivity index (χ0v) is 11.8. The summed E-state index contributed by atoms with van der Waals surface area (Å²) in [7, 11) is 0. The molecule has 0 amide bonds. The molecule has 0 aliphatic carbocycles. The first-order valence-electron chi connectivity index (χ1n) is 6.03. The second-order valence-corrected chi connectivity index (χ2v) is 5.29. The van der Waals surface area contributed by atoms with Crippen LogP contribution >= 0.6 is 23.2 Å². The first-order valence-corrected chi connectivity index (χ1v) is 6.78. The molecule has 1 aromatic rings. The monoisotopic (exact) mass is 289 g/mol. The van der Waals surface area contributed by atoms with E-state index < -0.39 is 0 Å². The molecule has 1 N–H and O–H groups in total. The molecule has 1 aliphatic heterocycles. The van der Waals surface area contributed by atoms with Crippen LogP contribution < -0.4 is 5.32 Å². The quantitative estimate of drug-likeness (QED) is 0.924. The molecule has 18 heavy (non-hydrogen) atoms. The molecule has 1 aromatic heterocycles. The molecule has 0 spiro atoms. The summed E-state index contributed by atoms with van der Waals surface area (Å²) < 4.78 is 5.32. The summed E-state index contributed by atoms with van der Waals surface area (Å²) in [4.78, 5) is 6.56. The molecule has 0 radical (unpaired) electrons. The number of aromatic nitrogens is 1. The molecule has 0 saturated carbocycles. The van der Waals surface area contributed by atoms with Crippen LogP contribution in [0.1, 0.15) is 6.92 Å². The fourth-order valence-corrected chi connectivity index (χ4v) is 2.41. The Kier molecular flexibility index (Phi) is 5.06. The third kappa shape index (κ3) is 3.99. The molecule has 1 atom stereocenters. The van der Waals surface area contributed by atoms with Gasteiger partial charge >= 0.3 is 0 Å².